The van der Waals surface area contributed by atoms with Crippen LogP contribution in [0.25, 0.3) is 0 Å². The number of thiol groups is 1. The average Bonchev–Trinajstić information content (AvgIpc) is 3.23. The summed E-state index contributed by atoms with van der Waals surface area (Å²) in [6.07, 6.45) is 1.73. The van der Waals surface area contributed by atoms with Gasteiger partial charge in [0.1, 0.15) is 0 Å². The minimum absolute atomic E-state index is 0.100. The molecule has 1 fully saturated rings. The highest BCUT2D eigenvalue weighted by Gasteiger charge is 2.27. The van der Waals surface area contributed by atoms with Crippen molar-refractivity contribution in [2.75, 3.05) is 21.1 Å². The molecule has 10 heteroatoms. The molecule has 0 bridgehead atoms. The predicted molar refractivity (Wildman–Crippen MR) is 121 cm³/mol. The highest BCUT2D eigenvalue weighted by molar-refractivity contribution is 7.82. The van der Waals surface area contributed by atoms with Crippen LogP contribution in [0, 0.1) is 0 Å². The summed E-state index contributed by atoms with van der Waals surface area (Å²) in [5.74, 6) is -0.673. The van der Waals surface area contributed by atoms with Crippen LogP contribution in [0.3, 0.4) is 0 Å². The van der Waals surface area contributed by atoms with Gasteiger partial charge in [0.05, 0.1) is 22.6 Å². The number of anilines is 3. The fourth-order valence-corrected chi connectivity index (χ4v) is 3.74. The Morgan fingerprint density at radius 1 is 1.20 bits per heavy atom. The Balaban J connectivity index is 1.73. The molecule has 4 N–H and O–H groups in total. The number of nitrogens with one attached hydrogen (secondary N) is 2. The van der Waals surface area contributed by atoms with Crippen LogP contribution in [-0.4, -0.2) is 30.6 Å². The molecule has 0 spiro atoms. The SMILES string of the molecule is CC(=O)N(c1ccc(NC(=O)N(S)c2ccc(C(N)=O)cc2)cc1Cl)C1CCCN1. The number of rotatable bonds is 5. The van der Waals surface area contributed by atoms with Gasteiger partial charge in [0.15, 0.2) is 0 Å². The van der Waals surface area contributed by atoms with Crippen molar-refractivity contribution in [3.63, 3.8) is 0 Å². The van der Waals surface area contributed by atoms with Gasteiger partial charge in [-0.2, -0.15) is 0 Å². The lowest BCUT2D eigenvalue weighted by Gasteiger charge is -2.29. The number of urea groups is 1. The summed E-state index contributed by atoms with van der Waals surface area (Å²) in [6.45, 7) is 2.34. The monoisotopic (exact) mass is 447 g/mol. The van der Waals surface area contributed by atoms with Crippen molar-refractivity contribution in [3.8, 4) is 0 Å². The zero-order valence-corrected chi connectivity index (χ0v) is 17.9. The van der Waals surface area contributed by atoms with E-state index in [2.05, 4.69) is 23.4 Å². The second-order valence-corrected chi connectivity index (χ2v) is 7.63. The van der Waals surface area contributed by atoms with E-state index in [1.54, 1.807) is 35.2 Å². The average molecular weight is 448 g/mol. The smallest absolute Gasteiger partial charge is 0.336 e. The first-order chi connectivity index (χ1) is 14.3. The number of halogens is 1. The maximum atomic E-state index is 12.5. The molecule has 0 radical (unpaired) electrons. The van der Waals surface area contributed by atoms with Crippen molar-refractivity contribution in [3.05, 3.63) is 53.1 Å². The van der Waals surface area contributed by atoms with E-state index in [0.717, 1.165) is 23.7 Å². The van der Waals surface area contributed by atoms with E-state index in [4.69, 9.17) is 17.3 Å². The number of carbonyl (C=O) groups is 3. The molecule has 4 amide bonds. The number of hydrogen-bond acceptors (Lipinski definition) is 5. The van der Waals surface area contributed by atoms with E-state index < -0.39 is 11.9 Å². The Bertz CT molecular complexity index is 963. The zero-order valence-electron chi connectivity index (χ0n) is 16.3. The number of benzene rings is 2. The molecule has 1 aliphatic rings. The van der Waals surface area contributed by atoms with Gasteiger partial charge in [0, 0.05) is 18.2 Å². The Morgan fingerprint density at radius 3 is 2.43 bits per heavy atom. The molecular formula is C20H22ClN5O3S. The minimum atomic E-state index is -0.557. The number of nitrogens with two attached hydrogens (primary N) is 1. The third-order valence-corrected chi connectivity index (χ3v) is 5.45. The molecule has 2 aromatic carbocycles. The summed E-state index contributed by atoms with van der Waals surface area (Å²) in [5, 5.41) is 6.33. The molecule has 1 aliphatic heterocycles. The van der Waals surface area contributed by atoms with Gasteiger partial charge in [-0.15, -0.1) is 0 Å². The number of primary amides is 1. The van der Waals surface area contributed by atoms with Gasteiger partial charge in [-0.3, -0.25) is 19.8 Å². The van der Waals surface area contributed by atoms with Gasteiger partial charge < -0.3 is 11.1 Å². The van der Waals surface area contributed by atoms with Gasteiger partial charge in [-0.1, -0.05) is 24.4 Å². The van der Waals surface area contributed by atoms with E-state index >= 15 is 0 Å². The Labute approximate surface area is 184 Å². The van der Waals surface area contributed by atoms with Crippen LogP contribution in [0.2, 0.25) is 5.02 Å². The predicted octanol–water partition coefficient (Wildman–Crippen LogP) is 3.38. The van der Waals surface area contributed by atoms with Crippen LogP contribution in [-0.2, 0) is 4.79 Å². The highest BCUT2D eigenvalue weighted by atomic mass is 35.5. The fraction of sp³-hybridized carbons (Fsp3) is 0.250. The van der Waals surface area contributed by atoms with Crippen molar-refractivity contribution in [1.82, 2.24) is 5.32 Å². The molecule has 0 aliphatic carbocycles. The lowest BCUT2D eigenvalue weighted by atomic mass is 10.2. The lowest BCUT2D eigenvalue weighted by molar-refractivity contribution is -0.117. The standard InChI is InChI=1S/C20H22ClN5O3S/c1-12(27)25(18-3-2-10-23-18)17-9-6-14(11-16(17)21)24-20(29)26(30)15-7-4-13(5-8-15)19(22)28/h4-9,11,18,23,30H,2-3,10H2,1H3,(H2,22,28)(H,24,29). The van der Waals surface area contributed by atoms with Crippen molar-refractivity contribution >= 4 is 59.3 Å². The third-order valence-electron chi connectivity index (χ3n) is 4.73. The summed E-state index contributed by atoms with van der Waals surface area (Å²) in [7, 11) is 0. The summed E-state index contributed by atoms with van der Waals surface area (Å²) in [6, 6.07) is 10.6. The zero-order chi connectivity index (χ0) is 21.8. The summed E-state index contributed by atoms with van der Waals surface area (Å²) >= 11 is 10.6. The van der Waals surface area contributed by atoms with Crippen LogP contribution in [0.1, 0.15) is 30.1 Å². The van der Waals surface area contributed by atoms with E-state index in [9.17, 15) is 14.4 Å². The van der Waals surface area contributed by atoms with Gasteiger partial charge in [0.2, 0.25) is 11.8 Å². The van der Waals surface area contributed by atoms with Crippen LogP contribution in [0.4, 0.5) is 21.9 Å². The molecule has 1 heterocycles. The highest BCUT2D eigenvalue weighted by Crippen LogP contribution is 2.32. The largest absolute Gasteiger partial charge is 0.366 e. The molecule has 1 atom stereocenters. The molecule has 0 saturated carbocycles. The normalized spacial score (nSPS) is 15.5. The molecule has 0 aromatic heterocycles. The first kappa shape index (κ1) is 21.9. The molecule has 1 saturated heterocycles. The van der Waals surface area contributed by atoms with Crippen molar-refractivity contribution in [2.24, 2.45) is 5.73 Å². The Morgan fingerprint density at radius 2 is 1.90 bits per heavy atom. The lowest BCUT2D eigenvalue weighted by Crippen LogP contribution is -2.45. The molecule has 2 aromatic rings. The molecule has 3 rings (SSSR count). The number of nitrogens with zero attached hydrogens (tertiary/aromatic N) is 2. The van der Waals surface area contributed by atoms with Gasteiger partial charge in [0.25, 0.3) is 0 Å². The van der Waals surface area contributed by atoms with E-state index in [1.807, 2.05) is 0 Å². The maximum Gasteiger partial charge on any atom is 0.336 e. The van der Waals surface area contributed by atoms with Crippen molar-refractivity contribution in [1.29, 1.82) is 0 Å². The molecule has 30 heavy (non-hydrogen) atoms. The summed E-state index contributed by atoms with van der Waals surface area (Å²) in [5.41, 5.74) is 7.03. The molecule has 1 unspecified atom stereocenters. The first-order valence-electron chi connectivity index (χ1n) is 9.30. The van der Waals surface area contributed by atoms with E-state index in [0.29, 0.717) is 27.6 Å². The van der Waals surface area contributed by atoms with Crippen LogP contribution in [0.15, 0.2) is 42.5 Å². The second kappa shape index (κ2) is 9.38. The fourth-order valence-electron chi connectivity index (χ4n) is 3.28. The second-order valence-electron chi connectivity index (χ2n) is 6.82. The Kier molecular flexibility index (Phi) is 6.86. The number of carbonyl (C=O) groups excluding carboxylic acids is 3. The first-order valence-corrected chi connectivity index (χ1v) is 10.1. The van der Waals surface area contributed by atoms with E-state index in [1.165, 1.54) is 19.1 Å². The van der Waals surface area contributed by atoms with Gasteiger partial charge >= 0.3 is 6.03 Å². The van der Waals surface area contributed by atoms with Crippen molar-refractivity contribution < 1.29 is 14.4 Å². The summed E-state index contributed by atoms with van der Waals surface area (Å²) in [4.78, 5) is 37.5. The van der Waals surface area contributed by atoms with Gasteiger partial charge in [-0.05, 0) is 61.9 Å². The van der Waals surface area contributed by atoms with Crippen LogP contribution < -0.4 is 25.6 Å². The topological polar surface area (TPSA) is 108 Å². The van der Waals surface area contributed by atoms with Gasteiger partial charge in [-0.25, -0.2) is 9.10 Å². The van der Waals surface area contributed by atoms with Crippen molar-refractivity contribution in [2.45, 2.75) is 25.9 Å². The molecule has 158 valence electrons. The number of hydrogen-bond donors (Lipinski definition) is 4. The summed E-state index contributed by atoms with van der Waals surface area (Å²) < 4.78 is 1.09. The Hall–Kier alpha value is -2.75. The van der Waals surface area contributed by atoms with Crippen LogP contribution >= 0.6 is 24.4 Å². The van der Waals surface area contributed by atoms with Crippen LogP contribution in [0.5, 0.6) is 0 Å². The van der Waals surface area contributed by atoms with E-state index in [-0.39, 0.29) is 12.1 Å². The molecular weight excluding hydrogens is 426 g/mol. The third kappa shape index (κ3) is 4.86. The maximum absolute atomic E-state index is 12.5. The quantitative estimate of drug-likeness (QED) is 0.527. The minimum Gasteiger partial charge on any atom is -0.366 e. The molecule has 8 nitrogen and oxygen atoms in total. The number of amides is 4.